The first-order valence-electron chi connectivity index (χ1n) is 9.16. The van der Waals surface area contributed by atoms with Gasteiger partial charge in [0.05, 0.1) is 12.2 Å². The van der Waals surface area contributed by atoms with Crippen molar-refractivity contribution in [1.82, 2.24) is 24.5 Å². The fraction of sp³-hybridized carbons (Fsp3) is 0.300. The zero-order valence-corrected chi connectivity index (χ0v) is 15.7. The van der Waals surface area contributed by atoms with E-state index in [4.69, 9.17) is 5.11 Å². The molecule has 3 aromatic rings. The maximum atomic E-state index is 13.2. The van der Waals surface area contributed by atoms with Crippen molar-refractivity contribution < 1.29 is 14.7 Å². The molecule has 0 fully saturated rings. The first kappa shape index (κ1) is 19.3. The third-order valence-corrected chi connectivity index (χ3v) is 4.48. The van der Waals surface area contributed by atoms with Gasteiger partial charge in [-0.2, -0.15) is 10.2 Å². The molecule has 3 rings (SSSR count). The first-order valence-corrected chi connectivity index (χ1v) is 9.16. The third-order valence-electron chi connectivity index (χ3n) is 4.48. The largest absolute Gasteiger partial charge is 0.480 e. The van der Waals surface area contributed by atoms with Crippen molar-refractivity contribution in [3.05, 3.63) is 71.8 Å². The lowest BCUT2D eigenvalue weighted by Crippen LogP contribution is -2.35. The fourth-order valence-corrected chi connectivity index (χ4v) is 3.07. The van der Waals surface area contributed by atoms with Crippen LogP contribution >= 0.6 is 0 Å². The summed E-state index contributed by atoms with van der Waals surface area (Å²) in [6.45, 7) is 3.23. The molecule has 146 valence electrons. The van der Waals surface area contributed by atoms with Crippen molar-refractivity contribution in [3.8, 4) is 0 Å². The molecule has 0 aliphatic rings. The molecule has 0 aliphatic carbocycles. The zero-order chi connectivity index (χ0) is 19.9. The number of amides is 1. The van der Waals surface area contributed by atoms with Gasteiger partial charge in [0, 0.05) is 25.5 Å². The number of carboxylic acid groups (broad SMARTS) is 1. The first-order chi connectivity index (χ1) is 13.6. The van der Waals surface area contributed by atoms with E-state index in [-0.39, 0.29) is 18.1 Å². The Hall–Kier alpha value is -3.42. The van der Waals surface area contributed by atoms with Crippen LogP contribution in [0.5, 0.6) is 0 Å². The van der Waals surface area contributed by atoms with Gasteiger partial charge in [-0.3, -0.25) is 14.3 Å². The van der Waals surface area contributed by atoms with Crippen LogP contribution in [0.3, 0.4) is 0 Å². The Morgan fingerprint density at radius 3 is 2.46 bits per heavy atom. The predicted octanol–water partition coefficient (Wildman–Crippen LogP) is 2.07. The SMILES string of the molecule is CCn1nccc1CN(CCc1ccccc1)C(=O)c1ccnn1CC(=O)O. The molecule has 28 heavy (non-hydrogen) atoms. The van der Waals surface area contributed by atoms with Crippen LogP contribution < -0.4 is 0 Å². The van der Waals surface area contributed by atoms with E-state index in [1.54, 1.807) is 17.2 Å². The van der Waals surface area contributed by atoms with Crippen molar-refractivity contribution >= 4 is 11.9 Å². The van der Waals surface area contributed by atoms with Gasteiger partial charge in [0.15, 0.2) is 0 Å². The molecule has 8 heteroatoms. The lowest BCUT2D eigenvalue weighted by Gasteiger charge is -2.23. The van der Waals surface area contributed by atoms with Gasteiger partial charge >= 0.3 is 5.97 Å². The lowest BCUT2D eigenvalue weighted by atomic mass is 10.1. The van der Waals surface area contributed by atoms with Gasteiger partial charge in [-0.25, -0.2) is 4.68 Å². The second-order valence-corrected chi connectivity index (χ2v) is 6.37. The summed E-state index contributed by atoms with van der Waals surface area (Å²) in [6, 6.07) is 13.4. The molecule has 0 bridgehead atoms. The number of rotatable bonds is 9. The van der Waals surface area contributed by atoms with Crippen LogP contribution in [0.2, 0.25) is 0 Å². The minimum absolute atomic E-state index is 0.251. The molecule has 1 aromatic carbocycles. The van der Waals surface area contributed by atoms with E-state index in [0.717, 1.165) is 11.3 Å². The smallest absolute Gasteiger partial charge is 0.325 e. The Labute approximate surface area is 163 Å². The Bertz CT molecular complexity index is 932. The minimum atomic E-state index is -1.04. The van der Waals surface area contributed by atoms with Crippen molar-refractivity contribution in [1.29, 1.82) is 0 Å². The van der Waals surface area contributed by atoms with Crippen LogP contribution in [0, 0.1) is 0 Å². The highest BCUT2D eigenvalue weighted by Gasteiger charge is 2.22. The van der Waals surface area contributed by atoms with Gasteiger partial charge in [0.2, 0.25) is 0 Å². The van der Waals surface area contributed by atoms with Crippen LogP contribution in [0.1, 0.15) is 28.7 Å². The average Bonchev–Trinajstić information content (AvgIpc) is 3.33. The summed E-state index contributed by atoms with van der Waals surface area (Å²) in [5.74, 6) is -1.30. The molecule has 0 atom stereocenters. The summed E-state index contributed by atoms with van der Waals surface area (Å²) in [7, 11) is 0. The van der Waals surface area contributed by atoms with Gasteiger partial charge in [0.1, 0.15) is 12.2 Å². The van der Waals surface area contributed by atoms with Gasteiger partial charge < -0.3 is 10.0 Å². The van der Waals surface area contributed by atoms with E-state index in [9.17, 15) is 9.59 Å². The van der Waals surface area contributed by atoms with Crippen LogP contribution in [-0.2, 0) is 30.8 Å². The van der Waals surface area contributed by atoms with Crippen molar-refractivity contribution in [2.75, 3.05) is 6.54 Å². The van der Waals surface area contributed by atoms with Gasteiger partial charge in [-0.1, -0.05) is 30.3 Å². The Balaban J connectivity index is 1.83. The monoisotopic (exact) mass is 381 g/mol. The second kappa shape index (κ2) is 8.98. The summed E-state index contributed by atoms with van der Waals surface area (Å²) in [6.07, 6.45) is 3.86. The molecule has 8 nitrogen and oxygen atoms in total. The molecule has 2 heterocycles. The Kier molecular flexibility index (Phi) is 6.21. The number of hydrogen-bond acceptors (Lipinski definition) is 4. The van der Waals surface area contributed by atoms with E-state index < -0.39 is 5.97 Å². The number of nitrogens with zero attached hydrogens (tertiary/aromatic N) is 5. The van der Waals surface area contributed by atoms with Crippen molar-refractivity contribution in [2.45, 2.75) is 33.0 Å². The van der Waals surface area contributed by atoms with Crippen LogP contribution in [0.15, 0.2) is 54.9 Å². The Morgan fingerprint density at radius 1 is 1.04 bits per heavy atom. The molecule has 0 spiro atoms. The van der Waals surface area contributed by atoms with Gasteiger partial charge in [-0.15, -0.1) is 0 Å². The molecule has 0 saturated carbocycles. The molecule has 2 aromatic heterocycles. The minimum Gasteiger partial charge on any atom is -0.480 e. The quantitative estimate of drug-likeness (QED) is 0.612. The highest BCUT2D eigenvalue weighted by Crippen LogP contribution is 2.12. The molecule has 0 unspecified atom stereocenters. The molecule has 1 amide bonds. The highest BCUT2D eigenvalue weighted by molar-refractivity contribution is 5.92. The number of aliphatic carboxylic acids is 1. The van der Waals surface area contributed by atoms with Crippen molar-refractivity contribution in [3.63, 3.8) is 0 Å². The average molecular weight is 381 g/mol. The molecule has 0 saturated heterocycles. The van der Waals surface area contributed by atoms with Gasteiger partial charge in [0.25, 0.3) is 5.91 Å². The zero-order valence-electron chi connectivity index (χ0n) is 15.7. The highest BCUT2D eigenvalue weighted by atomic mass is 16.4. The normalized spacial score (nSPS) is 10.8. The molecular formula is C20H23N5O3. The predicted molar refractivity (Wildman–Crippen MR) is 103 cm³/mol. The van der Waals surface area contributed by atoms with Crippen LogP contribution in [0.4, 0.5) is 0 Å². The van der Waals surface area contributed by atoms with Gasteiger partial charge in [-0.05, 0) is 31.0 Å². The van der Waals surface area contributed by atoms with E-state index in [1.807, 2.05) is 48.0 Å². The Morgan fingerprint density at radius 2 is 1.75 bits per heavy atom. The standard InChI is InChI=1S/C20H23N5O3/c1-2-24-17(8-11-21-24)14-23(13-10-16-6-4-3-5-7-16)20(28)18-9-12-22-25(18)15-19(26)27/h3-9,11-12H,2,10,13-15H2,1H3,(H,26,27). The van der Waals surface area contributed by atoms with E-state index >= 15 is 0 Å². The van der Waals surface area contributed by atoms with E-state index in [0.29, 0.717) is 26.1 Å². The van der Waals surface area contributed by atoms with Crippen LogP contribution in [-0.4, -0.2) is 48.0 Å². The third kappa shape index (κ3) is 4.64. The number of carbonyl (C=O) groups excluding carboxylic acids is 1. The number of aryl methyl sites for hydroxylation is 1. The number of carboxylic acids is 1. The summed E-state index contributed by atoms with van der Waals surface area (Å²) in [5.41, 5.74) is 2.31. The summed E-state index contributed by atoms with van der Waals surface area (Å²) in [4.78, 5) is 26.0. The molecule has 0 radical (unpaired) electrons. The van der Waals surface area contributed by atoms with Crippen LogP contribution in [0.25, 0.3) is 0 Å². The number of aromatic nitrogens is 4. The number of hydrogen-bond donors (Lipinski definition) is 1. The topological polar surface area (TPSA) is 93.3 Å². The molecule has 1 N–H and O–H groups in total. The van der Waals surface area contributed by atoms with E-state index in [1.165, 1.54) is 10.9 Å². The van der Waals surface area contributed by atoms with E-state index in [2.05, 4.69) is 10.2 Å². The maximum Gasteiger partial charge on any atom is 0.325 e. The second-order valence-electron chi connectivity index (χ2n) is 6.37. The lowest BCUT2D eigenvalue weighted by molar-refractivity contribution is -0.137. The maximum absolute atomic E-state index is 13.2. The number of carbonyl (C=O) groups is 2. The van der Waals surface area contributed by atoms with Crippen molar-refractivity contribution in [2.24, 2.45) is 0 Å². The molecular weight excluding hydrogens is 358 g/mol. The molecule has 0 aliphatic heterocycles. The summed E-state index contributed by atoms with van der Waals surface area (Å²) < 4.78 is 3.06. The number of benzene rings is 1. The summed E-state index contributed by atoms with van der Waals surface area (Å²) in [5, 5.41) is 17.3. The summed E-state index contributed by atoms with van der Waals surface area (Å²) >= 11 is 0. The fourth-order valence-electron chi connectivity index (χ4n) is 3.07.